The summed E-state index contributed by atoms with van der Waals surface area (Å²) >= 11 is -3.76. The van der Waals surface area contributed by atoms with Gasteiger partial charge in [0, 0.05) is 0 Å². The standard InChI is InChI=1S/C18H20NO3.3C6H5.Sn/c1-10-9-15-16(17(20)12(3)11(10)2)19(18(15)21)13-5-7-14(22-4)8-6-13;3*1-2-4-6-5-3-1;/h1,5-8,15-17,20H,9H2,2-4H3;3*1-5H;/t15-,16-,17+;;;;/m1..../s1. The first-order valence-corrected chi connectivity index (χ1v) is 20.1. The van der Waals surface area contributed by atoms with E-state index in [0.29, 0.717) is 6.42 Å². The minimum absolute atomic E-state index is 0.0625. The van der Waals surface area contributed by atoms with Gasteiger partial charge in [-0.05, 0) is 0 Å². The van der Waals surface area contributed by atoms with E-state index in [9.17, 15) is 9.90 Å². The van der Waals surface area contributed by atoms with Crippen LogP contribution in [0.4, 0.5) is 5.69 Å². The van der Waals surface area contributed by atoms with Crippen LogP contribution in [0.2, 0.25) is 0 Å². The van der Waals surface area contributed by atoms with Crippen molar-refractivity contribution in [3.63, 3.8) is 0 Å². The molecule has 0 radical (unpaired) electrons. The Labute approximate surface area is 246 Å². The van der Waals surface area contributed by atoms with E-state index in [1.54, 1.807) is 12.0 Å². The van der Waals surface area contributed by atoms with Crippen molar-refractivity contribution < 1.29 is 14.6 Å². The number of hydrogen-bond acceptors (Lipinski definition) is 3. The second-order valence-corrected chi connectivity index (χ2v) is 21.4. The summed E-state index contributed by atoms with van der Waals surface area (Å²) in [5.74, 6) is 0.521. The first kappa shape index (κ1) is 27.6. The molecule has 0 spiro atoms. The quantitative estimate of drug-likeness (QED) is 0.243. The van der Waals surface area contributed by atoms with Crippen LogP contribution in [-0.4, -0.2) is 48.6 Å². The minimum atomic E-state index is -3.76. The van der Waals surface area contributed by atoms with E-state index in [-0.39, 0.29) is 17.9 Å². The van der Waals surface area contributed by atoms with Gasteiger partial charge in [-0.1, -0.05) is 0 Å². The molecule has 0 saturated carbocycles. The Balaban J connectivity index is 1.51. The van der Waals surface area contributed by atoms with Crippen LogP contribution in [0.15, 0.2) is 136 Å². The van der Waals surface area contributed by atoms with Crippen LogP contribution in [0.3, 0.4) is 0 Å². The third kappa shape index (κ3) is 4.73. The predicted octanol–water partition coefficient (Wildman–Crippen LogP) is 4.76. The first-order chi connectivity index (χ1) is 20.0. The van der Waals surface area contributed by atoms with Gasteiger partial charge in [0.25, 0.3) is 0 Å². The molecular weight excluding hydrogens is 613 g/mol. The molecule has 1 fully saturated rings. The molecule has 0 aromatic heterocycles. The molecule has 1 aliphatic heterocycles. The maximum atomic E-state index is 13.7. The maximum absolute atomic E-state index is 13.7. The predicted molar refractivity (Wildman–Crippen MR) is 169 cm³/mol. The molecule has 0 bridgehead atoms. The summed E-state index contributed by atoms with van der Waals surface area (Å²) in [5, 5.41) is 11.6. The average Bonchev–Trinajstić information content (AvgIpc) is 3.11. The number of allylic oxidation sites excluding steroid dienone is 2. The second-order valence-electron chi connectivity index (χ2n) is 11.0. The number of β-lactam (4-membered cyclic amide) rings is 1. The van der Waals surface area contributed by atoms with E-state index in [1.807, 2.05) is 31.2 Å². The van der Waals surface area contributed by atoms with E-state index in [4.69, 9.17) is 4.74 Å². The van der Waals surface area contributed by atoms with Crippen molar-refractivity contribution in [2.75, 3.05) is 12.0 Å². The number of benzene rings is 4. The number of hydrogen-bond donors (Lipinski definition) is 1. The fraction of sp³-hybridized carbons (Fsp3) is 0.194. The molecule has 1 heterocycles. The number of fused-ring (bicyclic) bond motifs is 1. The number of amides is 1. The average molecular weight is 648 g/mol. The third-order valence-corrected chi connectivity index (χ3v) is 21.9. The molecule has 4 aromatic rings. The molecule has 0 unspecified atom stereocenters. The van der Waals surface area contributed by atoms with E-state index >= 15 is 0 Å². The van der Waals surface area contributed by atoms with Gasteiger partial charge < -0.3 is 0 Å². The van der Waals surface area contributed by atoms with Crippen LogP contribution in [0.5, 0.6) is 5.75 Å². The summed E-state index contributed by atoms with van der Waals surface area (Å²) in [6, 6.07) is 39.9. The van der Waals surface area contributed by atoms with E-state index < -0.39 is 24.5 Å². The molecule has 4 nitrogen and oxygen atoms in total. The van der Waals surface area contributed by atoms with E-state index in [1.165, 1.54) is 16.3 Å². The molecule has 4 aromatic carbocycles. The number of methoxy groups -OCH3 is 1. The number of carbonyl (C=O) groups is 1. The summed E-state index contributed by atoms with van der Waals surface area (Å²) in [4.78, 5) is 15.5. The van der Waals surface area contributed by atoms with E-state index in [2.05, 4.69) is 102 Å². The summed E-state index contributed by atoms with van der Waals surface area (Å²) in [6.07, 6.45) is -0.123. The number of aliphatic hydroxyl groups is 1. The fourth-order valence-corrected chi connectivity index (χ4v) is 19.5. The molecule has 5 heteroatoms. The van der Waals surface area contributed by atoms with Crippen molar-refractivity contribution in [1.82, 2.24) is 0 Å². The molecule has 3 atom stereocenters. The van der Waals surface area contributed by atoms with Crippen molar-refractivity contribution in [2.45, 2.75) is 32.4 Å². The number of ether oxygens (including phenoxy) is 1. The van der Waals surface area contributed by atoms with Gasteiger partial charge in [0.15, 0.2) is 0 Å². The van der Waals surface area contributed by atoms with Crippen LogP contribution in [0, 0.1) is 5.92 Å². The molecule has 2 aliphatic rings. The van der Waals surface area contributed by atoms with Crippen LogP contribution >= 0.6 is 0 Å². The summed E-state index contributed by atoms with van der Waals surface area (Å²) < 4.78 is 12.0. The molecular formula is C36H35NO3Sn. The molecule has 1 amide bonds. The molecule has 1 aliphatic carbocycles. The molecule has 206 valence electrons. The van der Waals surface area contributed by atoms with Crippen molar-refractivity contribution in [2.24, 2.45) is 5.92 Å². The number of anilines is 1. The Kier molecular flexibility index (Phi) is 7.62. The Bertz CT molecular complexity index is 1500. The zero-order valence-electron chi connectivity index (χ0n) is 23.7. The number of carbonyl (C=O) groups excluding carboxylic acids is 1. The molecule has 1 N–H and O–H groups in total. The SMILES string of the molecule is COc1ccc(N2C(=O)[C@@H]3C/C(=[CH]\[Sn]([c]4ccccc4)([c]4ccccc4)[c]4ccccc4)C(C)=C(C)[C@H](O)[C@@H]32)cc1. The number of nitrogens with zero attached hydrogens (tertiary/aromatic N) is 1. The van der Waals surface area contributed by atoms with Gasteiger partial charge in [-0.15, -0.1) is 0 Å². The van der Waals surface area contributed by atoms with Crippen molar-refractivity contribution in [3.8, 4) is 5.75 Å². The van der Waals surface area contributed by atoms with Crippen LogP contribution in [0.1, 0.15) is 20.3 Å². The molecule has 1 saturated heterocycles. The van der Waals surface area contributed by atoms with Gasteiger partial charge >= 0.3 is 248 Å². The second kappa shape index (κ2) is 11.3. The normalized spacial score (nSPS) is 21.8. The fourth-order valence-electron chi connectivity index (χ4n) is 6.58. The van der Waals surface area contributed by atoms with E-state index in [0.717, 1.165) is 22.6 Å². The summed E-state index contributed by atoms with van der Waals surface area (Å²) in [7, 11) is 1.63. The Morgan fingerprint density at radius 1 is 0.780 bits per heavy atom. The number of aliphatic hydroxyl groups excluding tert-OH is 1. The molecule has 41 heavy (non-hydrogen) atoms. The van der Waals surface area contributed by atoms with Gasteiger partial charge in [0.1, 0.15) is 0 Å². The zero-order valence-corrected chi connectivity index (χ0v) is 26.6. The summed E-state index contributed by atoms with van der Waals surface area (Å²) in [6.45, 7) is 4.14. The van der Waals surface area contributed by atoms with Crippen molar-refractivity contribution in [1.29, 1.82) is 0 Å². The van der Waals surface area contributed by atoms with Crippen molar-refractivity contribution >= 4 is 40.7 Å². The van der Waals surface area contributed by atoms with Crippen LogP contribution < -0.4 is 20.4 Å². The Hall–Kier alpha value is -3.61. The van der Waals surface area contributed by atoms with Gasteiger partial charge in [-0.25, -0.2) is 0 Å². The van der Waals surface area contributed by atoms with Gasteiger partial charge in [0.2, 0.25) is 0 Å². The molecule has 6 rings (SSSR count). The monoisotopic (exact) mass is 649 g/mol. The Morgan fingerprint density at radius 3 is 1.73 bits per heavy atom. The first-order valence-electron chi connectivity index (χ1n) is 14.2. The summed E-state index contributed by atoms with van der Waals surface area (Å²) in [5.41, 5.74) is 4.01. The van der Waals surface area contributed by atoms with Crippen molar-refractivity contribution in [3.05, 3.63) is 136 Å². The number of rotatable bonds is 6. The zero-order chi connectivity index (χ0) is 28.6. The topological polar surface area (TPSA) is 49.8 Å². The third-order valence-electron chi connectivity index (χ3n) is 8.97. The van der Waals surface area contributed by atoms with Gasteiger partial charge in [0.05, 0.1) is 0 Å². The van der Waals surface area contributed by atoms with Gasteiger partial charge in [-0.2, -0.15) is 0 Å². The van der Waals surface area contributed by atoms with Gasteiger partial charge in [-0.3, -0.25) is 0 Å². The van der Waals surface area contributed by atoms with Crippen LogP contribution in [-0.2, 0) is 4.79 Å². The Morgan fingerprint density at radius 2 is 1.27 bits per heavy atom. The van der Waals surface area contributed by atoms with Crippen LogP contribution in [0.25, 0.3) is 0 Å².